The minimum atomic E-state index is -4.35. The van der Waals surface area contributed by atoms with Gasteiger partial charge in [0.15, 0.2) is 0 Å². The molecule has 0 aliphatic heterocycles. The molecule has 0 bridgehead atoms. The molecule has 170 valence electrons. The Kier molecular flexibility index (Phi) is 6.43. The first-order valence-electron chi connectivity index (χ1n) is 10.9. The fourth-order valence-corrected chi connectivity index (χ4v) is 4.14. The van der Waals surface area contributed by atoms with Crippen molar-refractivity contribution in [2.24, 2.45) is 0 Å². The van der Waals surface area contributed by atoms with Crippen LogP contribution < -0.4 is 10.1 Å². The molecule has 0 saturated heterocycles. The van der Waals surface area contributed by atoms with Gasteiger partial charge in [0.05, 0.1) is 12.7 Å². The first-order valence-corrected chi connectivity index (χ1v) is 10.9. The molecule has 1 N–H and O–H groups in total. The minimum absolute atomic E-state index is 0.0176. The van der Waals surface area contributed by atoms with Gasteiger partial charge >= 0.3 is 6.18 Å². The van der Waals surface area contributed by atoms with E-state index >= 15 is 0 Å². The largest absolute Gasteiger partial charge is 0.497 e. The van der Waals surface area contributed by atoms with Gasteiger partial charge in [-0.3, -0.25) is 0 Å². The molecule has 2 atom stereocenters. The quantitative estimate of drug-likeness (QED) is 0.323. The summed E-state index contributed by atoms with van der Waals surface area (Å²) in [7, 11) is 1.65. The van der Waals surface area contributed by atoms with E-state index in [0.717, 1.165) is 50.9 Å². The van der Waals surface area contributed by atoms with E-state index < -0.39 is 11.7 Å². The number of benzene rings is 4. The number of hydrogen-bond donors (Lipinski definition) is 1. The van der Waals surface area contributed by atoms with Crippen LogP contribution >= 0.6 is 0 Å². The number of halogens is 3. The molecule has 0 radical (unpaired) electrons. The highest BCUT2D eigenvalue weighted by atomic mass is 19.4. The van der Waals surface area contributed by atoms with Crippen LogP contribution in [0.1, 0.15) is 42.6 Å². The second-order valence-electron chi connectivity index (χ2n) is 8.25. The van der Waals surface area contributed by atoms with Crippen LogP contribution in [0, 0.1) is 0 Å². The van der Waals surface area contributed by atoms with Crippen molar-refractivity contribution in [2.75, 3.05) is 7.11 Å². The predicted octanol–water partition coefficient (Wildman–Crippen LogP) is 7.95. The van der Waals surface area contributed by atoms with Crippen LogP contribution in [-0.2, 0) is 6.18 Å². The SMILES string of the molecule is COc1cccc([C@@H](C)N[C@@H](C)c2cc(-c3ccc(C(F)(F)F)cc3)c3ccccc3c2)c1. The summed E-state index contributed by atoms with van der Waals surface area (Å²) in [4.78, 5) is 0. The zero-order valence-corrected chi connectivity index (χ0v) is 18.8. The summed E-state index contributed by atoms with van der Waals surface area (Å²) in [6.07, 6.45) is -4.35. The topological polar surface area (TPSA) is 21.3 Å². The smallest absolute Gasteiger partial charge is 0.416 e. The van der Waals surface area contributed by atoms with E-state index in [1.54, 1.807) is 19.2 Å². The molecule has 4 aromatic rings. The first kappa shape index (κ1) is 22.9. The molecular weight excluding hydrogens is 423 g/mol. The van der Waals surface area contributed by atoms with E-state index in [0.29, 0.717) is 0 Å². The zero-order chi connectivity index (χ0) is 23.6. The van der Waals surface area contributed by atoms with Gasteiger partial charge in [0.25, 0.3) is 0 Å². The molecule has 0 saturated carbocycles. The van der Waals surface area contributed by atoms with E-state index in [2.05, 4.69) is 37.4 Å². The average molecular weight is 450 g/mol. The van der Waals surface area contributed by atoms with Crippen molar-refractivity contribution in [3.05, 3.63) is 102 Å². The molecule has 0 spiro atoms. The monoisotopic (exact) mass is 449 g/mol. The van der Waals surface area contributed by atoms with Gasteiger partial charge in [-0.1, -0.05) is 48.5 Å². The molecule has 5 heteroatoms. The fraction of sp³-hybridized carbons (Fsp3) is 0.214. The number of nitrogens with one attached hydrogen (secondary N) is 1. The molecule has 4 aromatic carbocycles. The second kappa shape index (κ2) is 9.28. The van der Waals surface area contributed by atoms with Crippen LogP contribution in [0.5, 0.6) is 5.75 Å². The summed E-state index contributed by atoms with van der Waals surface area (Å²) >= 11 is 0. The molecule has 0 fully saturated rings. The van der Waals surface area contributed by atoms with E-state index in [-0.39, 0.29) is 12.1 Å². The number of methoxy groups -OCH3 is 1. The van der Waals surface area contributed by atoms with Gasteiger partial charge < -0.3 is 10.1 Å². The van der Waals surface area contributed by atoms with Crippen molar-refractivity contribution < 1.29 is 17.9 Å². The van der Waals surface area contributed by atoms with E-state index in [9.17, 15) is 13.2 Å². The molecule has 4 rings (SSSR count). The maximum atomic E-state index is 13.0. The molecule has 0 amide bonds. The van der Waals surface area contributed by atoms with Crippen LogP contribution in [0.3, 0.4) is 0 Å². The van der Waals surface area contributed by atoms with Crippen LogP contribution in [0.15, 0.2) is 84.9 Å². The average Bonchev–Trinajstić information content (AvgIpc) is 2.82. The third-order valence-electron chi connectivity index (χ3n) is 6.00. The number of fused-ring (bicyclic) bond motifs is 1. The van der Waals surface area contributed by atoms with Crippen LogP contribution in [0.4, 0.5) is 13.2 Å². The highest BCUT2D eigenvalue weighted by Crippen LogP contribution is 2.35. The summed E-state index contributed by atoms with van der Waals surface area (Å²) in [6.45, 7) is 4.19. The Hall–Kier alpha value is -3.31. The van der Waals surface area contributed by atoms with Gasteiger partial charge in [0.2, 0.25) is 0 Å². The van der Waals surface area contributed by atoms with Crippen molar-refractivity contribution in [1.82, 2.24) is 5.32 Å². The molecule has 0 unspecified atom stereocenters. The Labute approximate surface area is 192 Å². The fourth-order valence-electron chi connectivity index (χ4n) is 4.14. The number of rotatable bonds is 6. The Bertz CT molecular complexity index is 1250. The van der Waals surface area contributed by atoms with Crippen LogP contribution in [-0.4, -0.2) is 7.11 Å². The first-order chi connectivity index (χ1) is 15.8. The Morgan fingerprint density at radius 3 is 2.15 bits per heavy atom. The molecular formula is C28H26F3NO. The lowest BCUT2D eigenvalue weighted by Crippen LogP contribution is -2.22. The van der Waals surface area contributed by atoms with Gasteiger partial charge in [0, 0.05) is 12.1 Å². The lowest BCUT2D eigenvalue weighted by Gasteiger charge is -2.22. The Morgan fingerprint density at radius 1 is 0.758 bits per heavy atom. The van der Waals surface area contributed by atoms with Gasteiger partial charge in [-0.2, -0.15) is 13.2 Å². The van der Waals surface area contributed by atoms with Gasteiger partial charge in [0.1, 0.15) is 5.75 Å². The lowest BCUT2D eigenvalue weighted by molar-refractivity contribution is -0.137. The summed E-state index contributed by atoms with van der Waals surface area (Å²) in [5.74, 6) is 0.809. The van der Waals surface area contributed by atoms with E-state index in [4.69, 9.17) is 4.74 Å². The standard InChI is InChI=1S/C28H26F3NO/c1-18(21-8-6-9-25(16-21)33-3)32-19(2)23-15-22-7-4-5-10-26(22)27(17-23)20-11-13-24(14-12-20)28(29,30)31/h4-19,32H,1-3H3/t18-,19+/m1/s1. The lowest BCUT2D eigenvalue weighted by atomic mass is 9.92. The highest BCUT2D eigenvalue weighted by molar-refractivity contribution is 5.97. The summed E-state index contributed by atoms with van der Waals surface area (Å²) in [6, 6.07) is 25.6. The second-order valence-corrected chi connectivity index (χ2v) is 8.25. The van der Waals surface area contributed by atoms with Crippen molar-refractivity contribution in [1.29, 1.82) is 0 Å². The third-order valence-corrected chi connectivity index (χ3v) is 6.00. The van der Waals surface area contributed by atoms with Gasteiger partial charge in [-0.05, 0) is 83.3 Å². The molecule has 0 aliphatic carbocycles. The van der Waals surface area contributed by atoms with Crippen molar-refractivity contribution in [3.8, 4) is 16.9 Å². The molecule has 0 heterocycles. The number of ether oxygens (including phenoxy) is 1. The molecule has 0 aliphatic rings. The van der Waals surface area contributed by atoms with Crippen molar-refractivity contribution in [3.63, 3.8) is 0 Å². The summed E-state index contributed by atoms with van der Waals surface area (Å²) in [5.41, 5.74) is 3.21. The Morgan fingerprint density at radius 2 is 1.45 bits per heavy atom. The normalized spacial score (nSPS) is 13.6. The highest BCUT2D eigenvalue weighted by Gasteiger charge is 2.30. The Balaban J connectivity index is 1.68. The zero-order valence-electron chi connectivity index (χ0n) is 18.8. The number of hydrogen-bond acceptors (Lipinski definition) is 2. The number of alkyl halides is 3. The van der Waals surface area contributed by atoms with E-state index in [1.807, 2.05) is 42.5 Å². The van der Waals surface area contributed by atoms with Gasteiger partial charge in [-0.25, -0.2) is 0 Å². The summed E-state index contributed by atoms with van der Waals surface area (Å²) in [5, 5.41) is 5.69. The van der Waals surface area contributed by atoms with Crippen molar-refractivity contribution >= 4 is 10.8 Å². The third kappa shape index (κ3) is 5.04. The van der Waals surface area contributed by atoms with E-state index in [1.165, 1.54) is 0 Å². The molecule has 2 nitrogen and oxygen atoms in total. The minimum Gasteiger partial charge on any atom is -0.497 e. The molecule has 33 heavy (non-hydrogen) atoms. The van der Waals surface area contributed by atoms with Crippen LogP contribution in [0.25, 0.3) is 21.9 Å². The maximum Gasteiger partial charge on any atom is 0.416 e. The van der Waals surface area contributed by atoms with Gasteiger partial charge in [-0.15, -0.1) is 0 Å². The molecule has 0 aromatic heterocycles. The maximum absolute atomic E-state index is 13.0. The van der Waals surface area contributed by atoms with Crippen LogP contribution in [0.2, 0.25) is 0 Å². The predicted molar refractivity (Wildman–Crippen MR) is 127 cm³/mol. The van der Waals surface area contributed by atoms with Crippen molar-refractivity contribution in [2.45, 2.75) is 32.1 Å². The summed E-state index contributed by atoms with van der Waals surface area (Å²) < 4.78 is 44.5.